The Bertz CT molecular complexity index is 752. The highest BCUT2D eigenvalue weighted by Gasteiger charge is 2.15. The van der Waals surface area contributed by atoms with Gasteiger partial charge in [0.1, 0.15) is 0 Å². The Hall–Kier alpha value is -3.07. The molecule has 3 nitrogen and oxygen atoms in total. The Labute approximate surface area is 128 Å². The third-order valence-electron chi connectivity index (χ3n) is 3.14. The number of hydrogen-bond acceptors (Lipinski definition) is 3. The van der Waals surface area contributed by atoms with E-state index in [0.717, 1.165) is 0 Å². The van der Waals surface area contributed by atoms with Crippen LogP contribution in [0.2, 0.25) is 0 Å². The van der Waals surface area contributed by atoms with Gasteiger partial charge in [0.2, 0.25) is 0 Å². The standard InChI is InChI=1S/C19H14O3/c20-19(15-9-3-1-4-10-15)17-13-7-8-14-18(17)22-21-16-11-5-2-6-12-16/h1-14H. The Morgan fingerprint density at radius 3 is 1.95 bits per heavy atom. The van der Waals surface area contributed by atoms with E-state index < -0.39 is 0 Å². The van der Waals surface area contributed by atoms with E-state index in [1.807, 2.05) is 36.4 Å². The van der Waals surface area contributed by atoms with E-state index in [9.17, 15) is 4.79 Å². The van der Waals surface area contributed by atoms with Gasteiger partial charge in [0, 0.05) is 5.56 Å². The molecule has 0 N–H and O–H groups in total. The number of carbonyl (C=O) groups excluding carboxylic acids is 1. The van der Waals surface area contributed by atoms with Crippen molar-refractivity contribution in [3.63, 3.8) is 0 Å². The van der Waals surface area contributed by atoms with Crippen molar-refractivity contribution in [2.75, 3.05) is 0 Å². The zero-order chi connectivity index (χ0) is 15.2. The van der Waals surface area contributed by atoms with Crippen molar-refractivity contribution in [1.82, 2.24) is 0 Å². The predicted molar refractivity (Wildman–Crippen MR) is 84.0 cm³/mol. The molecular weight excluding hydrogens is 276 g/mol. The van der Waals surface area contributed by atoms with E-state index in [1.54, 1.807) is 48.5 Å². The number of rotatable bonds is 5. The van der Waals surface area contributed by atoms with Crippen LogP contribution in [0, 0.1) is 0 Å². The van der Waals surface area contributed by atoms with Crippen LogP contribution in [-0.2, 0) is 0 Å². The summed E-state index contributed by atoms with van der Waals surface area (Å²) in [5.41, 5.74) is 1.07. The highest BCUT2D eigenvalue weighted by Crippen LogP contribution is 2.22. The highest BCUT2D eigenvalue weighted by atomic mass is 17.2. The molecule has 3 heteroatoms. The summed E-state index contributed by atoms with van der Waals surface area (Å²) in [5, 5.41) is 0. The minimum atomic E-state index is -0.104. The van der Waals surface area contributed by atoms with Gasteiger partial charge in [0.15, 0.2) is 17.3 Å². The fourth-order valence-corrected chi connectivity index (χ4v) is 2.04. The fraction of sp³-hybridized carbons (Fsp3) is 0. The first-order chi connectivity index (χ1) is 10.8. The van der Waals surface area contributed by atoms with Crippen molar-refractivity contribution in [3.05, 3.63) is 96.1 Å². The fourth-order valence-electron chi connectivity index (χ4n) is 2.04. The van der Waals surface area contributed by atoms with Gasteiger partial charge in [-0.25, -0.2) is 0 Å². The van der Waals surface area contributed by atoms with E-state index >= 15 is 0 Å². The average molecular weight is 290 g/mol. The lowest BCUT2D eigenvalue weighted by atomic mass is 10.0. The van der Waals surface area contributed by atoms with E-state index in [1.165, 1.54) is 0 Å². The average Bonchev–Trinajstić information content (AvgIpc) is 2.61. The van der Waals surface area contributed by atoms with Crippen LogP contribution in [0.25, 0.3) is 0 Å². The second-order valence-electron chi connectivity index (χ2n) is 4.67. The lowest BCUT2D eigenvalue weighted by Crippen LogP contribution is -2.07. The quantitative estimate of drug-likeness (QED) is 0.399. The van der Waals surface area contributed by atoms with Crippen LogP contribution in [0.15, 0.2) is 84.9 Å². The monoisotopic (exact) mass is 290 g/mol. The molecule has 0 saturated heterocycles. The van der Waals surface area contributed by atoms with Gasteiger partial charge in [0.05, 0.1) is 5.56 Å². The first kappa shape index (κ1) is 13.9. The molecule has 3 aromatic carbocycles. The van der Waals surface area contributed by atoms with Crippen molar-refractivity contribution in [2.24, 2.45) is 0 Å². The molecule has 0 aliphatic heterocycles. The molecule has 0 saturated carbocycles. The van der Waals surface area contributed by atoms with E-state index in [-0.39, 0.29) is 5.78 Å². The van der Waals surface area contributed by atoms with E-state index in [4.69, 9.17) is 9.78 Å². The van der Waals surface area contributed by atoms with Crippen LogP contribution < -0.4 is 9.78 Å². The Balaban J connectivity index is 1.82. The first-order valence-corrected chi connectivity index (χ1v) is 6.93. The zero-order valence-corrected chi connectivity index (χ0v) is 11.8. The number of carbonyl (C=O) groups is 1. The number of ketones is 1. The maximum atomic E-state index is 12.5. The van der Waals surface area contributed by atoms with Crippen LogP contribution in [0.4, 0.5) is 0 Å². The van der Waals surface area contributed by atoms with Crippen LogP contribution in [0.3, 0.4) is 0 Å². The molecule has 0 aromatic heterocycles. The number of hydrogen-bond donors (Lipinski definition) is 0. The summed E-state index contributed by atoms with van der Waals surface area (Å²) in [5.74, 6) is 0.859. The number of para-hydroxylation sites is 2. The maximum absolute atomic E-state index is 12.5. The van der Waals surface area contributed by atoms with Crippen molar-refractivity contribution in [1.29, 1.82) is 0 Å². The van der Waals surface area contributed by atoms with Gasteiger partial charge in [0.25, 0.3) is 0 Å². The molecule has 0 radical (unpaired) electrons. The molecule has 108 valence electrons. The minimum Gasteiger partial charge on any atom is -0.290 e. The third kappa shape index (κ3) is 3.15. The van der Waals surface area contributed by atoms with Crippen molar-refractivity contribution in [2.45, 2.75) is 0 Å². The summed E-state index contributed by atoms with van der Waals surface area (Å²) in [7, 11) is 0. The minimum absolute atomic E-state index is 0.104. The largest absolute Gasteiger partial charge is 0.290 e. The molecule has 0 spiro atoms. The second-order valence-corrected chi connectivity index (χ2v) is 4.67. The smallest absolute Gasteiger partial charge is 0.196 e. The molecule has 3 aromatic rings. The van der Waals surface area contributed by atoms with Crippen LogP contribution >= 0.6 is 0 Å². The Morgan fingerprint density at radius 1 is 0.636 bits per heavy atom. The molecule has 22 heavy (non-hydrogen) atoms. The van der Waals surface area contributed by atoms with Gasteiger partial charge >= 0.3 is 0 Å². The van der Waals surface area contributed by atoms with Gasteiger partial charge < -0.3 is 0 Å². The summed E-state index contributed by atoms with van der Waals surface area (Å²) in [4.78, 5) is 23.2. The molecule has 0 amide bonds. The van der Waals surface area contributed by atoms with Gasteiger partial charge in [-0.15, -0.1) is 0 Å². The van der Waals surface area contributed by atoms with Gasteiger partial charge in [-0.1, -0.05) is 60.7 Å². The van der Waals surface area contributed by atoms with Crippen molar-refractivity contribution in [3.8, 4) is 11.5 Å². The highest BCUT2D eigenvalue weighted by molar-refractivity contribution is 6.10. The van der Waals surface area contributed by atoms with Crippen molar-refractivity contribution < 1.29 is 14.6 Å². The van der Waals surface area contributed by atoms with Gasteiger partial charge in [-0.2, -0.15) is 0 Å². The van der Waals surface area contributed by atoms with Gasteiger partial charge in [-0.05, 0) is 24.3 Å². The summed E-state index contributed by atoms with van der Waals surface area (Å²) >= 11 is 0. The predicted octanol–water partition coefficient (Wildman–Crippen LogP) is 4.29. The summed E-state index contributed by atoms with van der Waals surface area (Å²) in [6.45, 7) is 0. The molecule has 0 aliphatic rings. The molecule has 0 atom stereocenters. The molecule has 3 rings (SSSR count). The van der Waals surface area contributed by atoms with Gasteiger partial charge in [-0.3, -0.25) is 14.6 Å². The zero-order valence-electron chi connectivity index (χ0n) is 11.8. The van der Waals surface area contributed by atoms with E-state index in [0.29, 0.717) is 22.6 Å². The van der Waals surface area contributed by atoms with Crippen LogP contribution in [0.1, 0.15) is 15.9 Å². The lowest BCUT2D eigenvalue weighted by molar-refractivity contribution is -0.100. The van der Waals surface area contributed by atoms with Crippen molar-refractivity contribution >= 4 is 5.78 Å². The molecule has 0 aliphatic carbocycles. The summed E-state index contributed by atoms with van der Waals surface area (Å²) in [6, 6.07) is 25.2. The third-order valence-corrected chi connectivity index (χ3v) is 3.14. The molecule has 0 fully saturated rings. The summed E-state index contributed by atoms with van der Waals surface area (Å²) < 4.78 is 0. The maximum Gasteiger partial charge on any atom is 0.196 e. The molecule has 0 bridgehead atoms. The molecule has 0 heterocycles. The molecular formula is C19H14O3. The topological polar surface area (TPSA) is 35.5 Å². The number of benzene rings is 3. The Morgan fingerprint density at radius 2 is 1.23 bits per heavy atom. The molecule has 0 unspecified atom stereocenters. The lowest BCUT2D eigenvalue weighted by Gasteiger charge is -2.09. The SMILES string of the molecule is O=C(c1ccccc1)c1ccccc1OOc1ccccc1. The van der Waals surface area contributed by atoms with Crippen LogP contribution in [0.5, 0.6) is 11.5 Å². The summed E-state index contributed by atoms with van der Waals surface area (Å²) in [6.07, 6.45) is 0. The van der Waals surface area contributed by atoms with E-state index in [2.05, 4.69) is 0 Å². The van der Waals surface area contributed by atoms with Crippen LogP contribution in [-0.4, -0.2) is 5.78 Å². The second kappa shape index (κ2) is 6.59. The Kier molecular flexibility index (Phi) is 4.16. The first-order valence-electron chi connectivity index (χ1n) is 6.93. The normalized spacial score (nSPS) is 10.0.